The van der Waals surface area contributed by atoms with E-state index in [0.29, 0.717) is 0 Å². The number of amides is 1. The predicted molar refractivity (Wildman–Crippen MR) is 85.3 cm³/mol. The van der Waals surface area contributed by atoms with Crippen LogP contribution in [0.5, 0.6) is 0 Å². The second kappa shape index (κ2) is 5.91. The van der Waals surface area contributed by atoms with E-state index in [1.54, 1.807) is 12.1 Å². The molecule has 2 aromatic rings. The van der Waals surface area contributed by atoms with E-state index in [0.717, 1.165) is 41.6 Å². The minimum absolute atomic E-state index is 0.0491. The van der Waals surface area contributed by atoms with Gasteiger partial charge in [-0.3, -0.25) is 4.79 Å². The molecule has 1 unspecified atom stereocenters. The molecule has 0 saturated carbocycles. The van der Waals surface area contributed by atoms with Crippen molar-refractivity contribution in [2.45, 2.75) is 32.7 Å². The molecule has 1 heterocycles. The summed E-state index contributed by atoms with van der Waals surface area (Å²) in [5, 5.41) is 0. The maximum absolute atomic E-state index is 13.1. The average Bonchev–Trinajstić information content (AvgIpc) is 2.99. The summed E-state index contributed by atoms with van der Waals surface area (Å²) in [5.74, 6) is -0.165. The first-order valence-electron chi connectivity index (χ1n) is 7.70. The molecule has 0 spiro atoms. The van der Waals surface area contributed by atoms with Crippen LogP contribution >= 0.6 is 0 Å². The van der Waals surface area contributed by atoms with Crippen LogP contribution in [0.1, 0.15) is 45.9 Å². The summed E-state index contributed by atoms with van der Waals surface area (Å²) in [4.78, 5) is 14.8. The number of benzene rings is 2. The molecule has 0 aromatic heterocycles. The van der Waals surface area contributed by atoms with E-state index in [2.05, 4.69) is 0 Å². The van der Waals surface area contributed by atoms with Gasteiger partial charge in [0.1, 0.15) is 5.82 Å². The SMILES string of the molecule is Cc1cccc(C(=O)N2CCCC2c2ccc(F)cc2)c1C. The van der Waals surface area contributed by atoms with Crippen LogP contribution in [0.25, 0.3) is 0 Å². The van der Waals surface area contributed by atoms with Crippen LogP contribution < -0.4 is 0 Å². The molecule has 1 aliphatic heterocycles. The molecule has 0 bridgehead atoms. The largest absolute Gasteiger partial charge is 0.332 e. The topological polar surface area (TPSA) is 20.3 Å². The number of carbonyl (C=O) groups excluding carboxylic acids is 1. The highest BCUT2D eigenvalue weighted by Gasteiger charge is 2.31. The van der Waals surface area contributed by atoms with Gasteiger partial charge in [-0.05, 0) is 61.6 Å². The quantitative estimate of drug-likeness (QED) is 0.803. The zero-order valence-corrected chi connectivity index (χ0v) is 13.0. The first-order chi connectivity index (χ1) is 10.6. The fourth-order valence-electron chi connectivity index (χ4n) is 3.18. The Morgan fingerprint density at radius 1 is 1.14 bits per heavy atom. The lowest BCUT2D eigenvalue weighted by atomic mass is 10.0. The van der Waals surface area contributed by atoms with E-state index in [-0.39, 0.29) is 17.8 Å². The lowest BCUT2D eigenvalue weighted by Crippen LogP contribution is -2.31. The van der Waals surface area contributed by atoms with Gasteiger partial charge in [0.15, 0.2) is 0 Å². The average molecular weight is 297 g/mol. The summed E-state index contributed by atoms with van der Waals surface area (Å²) in [6, 6.07) is 12.4. The molecule has 1 saturated heterocycles. The van der Waals surface area contributed by atoms with Crippen molar-refractivity contribution in [3.63, 3.8) is 0 Å². The third kappa shape index (κ3) is 2.63. The van der Waals surface area contributed by atoms with E-state index in [4.69, 9.17) is 0 Å². The highest BCUT2D eigenvalue weighted by molar-refractivity contribution is 5.96. The minimum Gasteiger partial charge on any atom is -0.332 e. The number of nitrogens with zero attached hydrogens (tertiary/aromatic N) is 1. The van der Waals surface area contributed by atoms with Crippen LogP contribution in [0.3, 0.4) is 0 Å². The molecule has 3 heteroatoms. The normalized spacial score (nSPS) is 17.8. The van der Waals surface area contributed by atoms with Gasteiger partial charge < -0.3 is 4.90 Å². The molecule has 1 aliphatic rings. The van der Waals surface area contributed by atoms with Crippen LogP contribution in [0, 0.1) is 19.7 Å². The molecule has 1 amide bonds. The molecule has 114 valence electrons. The summed E-state index contributed by atoms with van der Waals surface area (Å²) in [7, 11) is 0. The van der Waals surface area contributed by atoms with Crippen LogP contribution in [0.2, 0.25) is 0 Å². The number of hydrogen-bond acceptors (Lipinski definition) is 1. The number of likely N-dealkylation sites (tertiary alicyclic amines) is 1. The summed E-state index contributed by atoms with van der Waals surface area (Å²) in [6.45, 7) is 4.77. The Balaban J connectivity index is 1.91. The molecule has 0 aliphatic carbocycles. The summed E-state index contributed by atoms with van der Waals surface area (Å²) < 4.78 is 13.1. The standard InChI is InChI=1S/C19H20FNO/c1-13-5-3-6-17(14(13)2)19(22)21-12-4-7-18(21)15-8-10-16(20)11-9-15/h3,5-6,8-11,18H,4,7,12H2,1-2H3. The molecular formula is C19H20FNO. The molecule has 2 nitrogen and oxygen atoms in total. The second-order valence-corrected chi connectivity index (χ2v) is 5.96. The highest BCUT2D eigenvalue weighted by atomic mass is 19.1. The number of halogens is 1. The summed E-state index contributed by atoms with van der Waals surface area (Å²) >= 11 is 0. The second-order valence-electron chi connectivity index (χ2n) is 5.96. The van der Waals surface area contributed by atoms with Gasteiger partial charge in [0.05, 0.1) is 6.04 Å². The van der Waals surface area contributed by atoms with Crippen molar-refractivity contribution in [3.8, 4) is 0 Å². The van der Waals surface area contributed by atoms with Crippen molar-refractivity contribution in [2.75, 3.05) is 6.54 Å². The third-order valence-corrected chi connectivity index (χ3v) is 4.60. The van der Waals surface area contributed by atoms with E-state index in [1.165, 1.54) is 12.1 Å². The lowest BCUT2D eigenvalue weighted by molar-refractivity contribution is 0.0735. The van der Waals surface area contributed by atoms with E-state index in [9.17, 15) is 9.18 Å². The Morgan fingerprint density at radius 2 is 1.86 bits per heavy atom. The van der Waals surface area contributed by atoms with Crippen molar-refractivity contribution >= 4 is 5.91 Å². The predicted octanol–water partition coefficient (Wildman–Crippen LogP) is 4.42. The lowest BCUT2D eigenvalue weighted by Gasteiger charge is -2.26. The van der Waals surface area contributed by atoms with Gasteiger partial charge in [-0.25, -0.2) is 4.39 Å². The molecule has 1 fully saturated rings. The van der Waals surface area contributed by atoms with E-state index in [1.807, 2.05) is 36.9 Å². The highest BCUT2D eigenvalue weighted by Crippen LogP contribution is 2.33. The number of carbonyl (C=O) groups is 1. The maximum Gasteiger partial charge on any atom is 0.254 e. The first-order valence-corrected chi connectivity index (χ1v) is 7.70. The molecule has 22 heavy (non-hydrogen) atoms. The third-order valence-electron chi connectivity index (χ3n) is 4.60. The van der Waals surface area contributed by atoms with Crippen LogP contribution in [0.15, 0.2) is 42.5 Å². The molecule has 1 atom stereocenters. The van der Waals surface area contributed by atoms with Crippen LogP contribution in [0.4, 0.5) is 4.39 Å². The Morgan fingerprint density at radius 3 is 2.59 bits per heavy atom. The zero-order chi connectivity index (χ0) is 15.7. The van der Waals surface area contributed by atoms with Crippen LogP contribution in [-0.2, 0) is 0 Å². The summed E-state index contributed by atoms with van der Waals surface area (Å²) in [5.41, 5.74) is 3.95. The number of hydrogen-bond donors (Lipinski definition) is 0. The van der Waals surface area contributed by atoms with Gasteiger partial charge in [0.2, 0.25) is 0 Å². The van der Waals surface area contributed by atoms with E-state index < -0.39 is 0 Å². The molecular weight excluding hydrogens is 277 g/mol. The Hall–Kier alpha value is -2.16. The van der Waals surface area contributed by atoms with Gasteiger partial charge in [-0.2, -0.15) is 0 Å². The van der Waals surface area contributed by atoms with Gasteiger partial charge in [0, 0.05) is 12.1 Å². The molecule has 2 aromatic carbocycles. The Bertz CT molecular complexity index is 693. The zero-order valence-electron chi connectivity index (χ0n) is 13.0. The fraction of sp³-hybridized carbons (Fsp3) is 0.316. The number of aryl methyl sites for hydroxylation is 1. The van der Waals surface area contributed by atoms with Crippen molar-refractivity contribution in [1.29, 1.82) is 0 Å². The van der Waals surface area contributed by atoms with Crippen molar-refractivity contribution < 1.29 is 9.18 Å². The molecule has 0 radical (unpaired) electrons. The van der Waals surface area contributed by atoms with Crippen molar-refractivity contribution in [2.24, 2.45) is 0 Å². The van der Waals surface area contributed by atoms with Crippen LogP contribution in [-0.4, -0.2) is 17.4 Å². The molecule has 0 N–H and O–H groups in total. The Kier molecular flexibility index (Phi) is 3.97. The van der Waals surface area contributed by atoms with Gasteiger partial charge in [-0.15, -0.1) is 0 Å². The first kappa shape index (κ1) is 14.8. The molecule has 3 rings (SSSR count). The van der Waals surface area contributed by atoms with Gasteiger partial charge in [0.25, 0.3) is 5.91 Å². The number of rotatable bonds is 2. The van der Waals surface area contributed by atoms with Crippen molar-refractivity contribution in [1.82, 2.24) is 4.90 Å². The van der Waals surface area contributed by atoms with Crippen molar-refractivity contribution in [3.05, 3.63) is 70.5 Å². The smallest absolute Gasteiger partial charge is 0.254 e. The minimum atomic E-state index is -0.242. The van der Waals surface area contributed by atoms with E-state index >= 15 is 0 Å². The summed E-state index contributed by atoms with van der Waals surface area (Å²) in [6.07, 6.45) is 1.92. The fourth-order valence-corrected chi connectivity index (χ4v) is 3.18. The Labute approximate surface area is 130 Å². The van der Waals surface area contributed by atoms with Gasteiger partial charge >= 0.3 is 0 Å². The van der Waals surface area contributed by atoms with Gasteiger partial charge in [-0.1, -0.05) is 24.3 Å². The monoisotopic (exact) mass is 297 g/mol. The maximum atomic E-state index is 13.1.